The summed E-state index contributed by atoms with van der Waals surface area (Å²) < 4.78 is 10.6. The van der Waals surface area contributed by atoms with Crippen LogP contribution < -0.4 is 9.47 Å². The summed E-state index contributed by atoms with van der Waals surface area (Å²) in [5.41, 5.74) is 0.936. The lowest BCUT2D eigenvalue weighted by Crippen LogP contribution is -2.11. The summed E-state index contributed by atoms with van der Waals surface area (Å²) in [6.45, 7) is 0.505. The molecule has 1 rings (SSSR count). The molecule has 0 saturated carbocycles. The molecule has 0 bridgehead atoms. The number of benzene rings is 1. The van der Waals surface area contributed by atoms with Crippen molar-refractivity contribution in [3.63, 3.8) is 0 Å². The van der Waals surface area contributed by atoms with Gasteiger partial charge in [-0.1, -0.05) is 0 Å². The molecule has 5 heteroatoms. The Labute approximate surface area is 106 Å². The van der Waals surface area contributed by atoms with E-state index in [1.54, 1.807) is 33.0 Å². The molecule has 0 aliphatic carbocycles. The predicted molar refractivity (Wildman–Crippen MR) is 68.4 cm³/mol. The molecule has 0 aliphatic heterocycles. The number of nitriles is 1. The third kappa shape index (κ3) is 3.21. The molecule has 0 aliphatic rings. The summed E-state index contributed by atoms with van der Waals surface area (Å²) in [5, 5.41) is 8.79. The number of ether oxygens (including phenoxy) is 2. The SMILES string of the molecule is COc1cc(SC)c(OC)cc1CN(C)C#N. The number of rotatable bonds is 5. The van der Waals surface area contributed by atoms with Gasteiger partial charge >= 0.3 is 0 Å². The van der Waals surface area contributed by atoms with Crippen LogP contribution in [-0.4, -0.2) is 32.4 Å². The average molecular weight is 252 g/mol. The summed E-state index contributed by atoms with van der Waals surface area (Å²) in [4.78, 5) is 2.56. The molecule has 17 heavy (non-hydrogen) atoms. The van der Waals surface area contributed by atoms with E-state index in [-0.39, 0.29) is 0 Å². The Morgan fingerprint density at radius 1 is 1.29 bits per heavy atom. The van der Waals surface area contributed by atoms with Gasteiger partial charge in [0.2, 0.25) is 0 Å². The first-order valence-electron chi connectivity index (χ1n) is 5.06. The van der Waals surface area contributed by atoms with Gasteiger partial charge in [-0.2, -0.15) is 5.26 Å². The van der Waals surface area contributed by atoms with Gasteiger partial charge in [0, 0.05) is 12.6 Å². The smallest absolute Gasteiger partial charge is 0.179 e. The second-order valence-corrected chi connectivity index (χ2v) is 4.32. The van der Waals surface area contributed by atoms with E-state index in [0.717, 1.165) is 22.0 Å². The molecule has 1 aromatic rings. The van der Waals surface area contributed by atoms with Crippen LogP contribution in [0.3, 0.4) is 0 Å². The van der Waals surface area contributed by atoms with Crippen LogP contribution in [0, 0.1) is 11.5 Å². The molecule has 1 aromatic carbocycles. The average Bonchev–Trinajstić information content (AvgIpc) is 2.37. The van der Waals surface area contributed by atoms with E-state index in [2.05, 4.69) is 6.19 Å². The van der Waals surface area contributed by atoms with Gasteiger partial charge in [-0.15, -0.1) is 11.8 Å². The molecular weight excluding hydrogens is 236 g/mol. The first kappa shape index (κ1) is 13.5. The predicted octanol–water partition coefficient (Wildman–Crippen LogP) is 2.34. The molecule has 0 aromatic heterocycles. The quantitative estimate of drug-likeness (QED) is 0.457. The molecule has 0 saturated heterocycles. The van der Waals surface area contributed by atoms with Gasteiger partial charge in [0.1, 0.15) is 11.5 Å². The largest absolute Gasteiger partial charge is 0.496 e. The van der Waals surface area contributed by atoms with Crippen LogP contribution >= 0.6 is 11.8 Å². The van der Waals surface area contributed by atoms with Gasteiger partial charge in [0.25, 0.3) is 0 Å². The molecule has 0 atom stereocenters. The van der Waals surface area contributed by atoms with Crippen molar-refractivity contribution in [2.75, 3.05) is 27.5 Å². The van der Waals surface area contributed by atoms with Crippen LogP contribution in [0.25, 0.3) is 0 Å². The molecule has 4 nitrogen and oxygen atoms in total. The van der Waals surface area contributed by atoms with E-state index >= 15 is 0 Å². The van der Waals surface area contributed by atoms with Crippen molar-refractivity contribution in [3.05, 3.63) is 17.7 Å². The lowest BCUT2D eigenvalue weighted by atomic mass is 10.2. The maximum Gasteiger partial charge on any atom is 0.179 e. The molecule has 0 N–H and O–H groups in total. The van der Waals surface area contributed by atoms with Gasteiger partial charge in [-0.05, 0) is 18.4 Å². The maximum atomic E-state index is 8.79. The molecule has 0 spiro atoms. The van der Waals surface area contributed by atoms with Crippen LogP contribution in [0.1, 0.15) is 5.56 Å². The second-order valence-electron chi connectivity index (χ2n) is 3.48. The van der Waals surface area contributed by atoms with Crippen LogP contribution in [0.4, 0.5) is 0 Å². The van der Waals surface area contributed by atoms with E-state index in [4.69, 9.17) is 14.7 Å². The van der Waals surface area contributed by atoms with Gasteiger partial charge in [-0.25, -0.2) is 0 Å². The molecule has 92 valence electrons. The van der Waals surface area contributed by atoms with Gasteiger partial charge in [-0.3, -0.25) is 0 Å². The summed E-state index contributed by atoms with van der Waals surface area (Å²) in [6.07, 6.45) is 4.05. The van der Waals surface area contributed by atoms with Crippen molar-refractivity contribution >= 4 is 11.8 Å². The highest BCUT2D eigenvalue weighted by Crippen LogP contribution is 2.34. The van der Waals surface area contributed by atoms with Crippen molar-refractivity contribution < 1.29 is 9.47 Å². The van der Waals surface area contributed by atoms with E-state index in [1.807, 2.05) is 18.4 Å². The van der Waals surface area contributed by atoms with Crippen molar-refractivity contribution in [2.24, 2.45) is 0 Å². The normalized spacial score (nSPS) is 9.59. The Morgan fingerprint density at radius 2 is 1.94 bits per heavy atom. The van der Waals surface area contributed by atoms with E-state index in [0.29, 0.717) is 6.54 Å². The summed E-state index contributed by atoms with van der Waals surface area (Å²) in [6, 6.07) is 3.85. The van der Waals surface area contributed by atoms with Gasteiger partial charge < -0.3 is 14.4 Å². The van der Waals surface area contributed by atoms with Crippen LogP contribution in [0.5, 0.6) is 11.5 Å². The highest BCUT2D eigenvalue weighted by Gasteiger charge is 2.11. The topological polar surface area (TPSA) is 45.5 Å². The Morgan fingerprint density at radius 3 is 2.41 bits per heavy atom. The molecule has 0 unspecified atom stereocenters. The minimum absolute atomic E-state index is 0.505. The van der Waals surface area contributed by atoms with E-state index in [9.17, 15) is 0 Å². The molecule has 0 amide bonds. The van der Waals surface area contributed by atoms with Crippen LogP contribution in [-0.2, 0) is 6.54 Å². The van der Waals surface area contributed by atoms with Gasteiger partial charge in [0.15, 0.2) is 6.19 Å². The highest BCUT2D eigenvalue weighted by molar-refractivity contribution is 7.98. The fraction of sp³-hybridized carbons (Fsp3) is 0.417. The summed E-state index contributed by atoms with van der Waals surface area (Å²) >= 11 is 1.60. The minimum Gasteiger partial charge on any atom is -0.496 e. The van der Waals surface area contributed by atoms with Crippen molar-refractivity contribution in [1.82, 2.24) is 4.90 Å². The van der Waals surface area contributed by atoms with Gasteiger partial charge in [0.05, 0.1) is 25.7 Å². The zero-order chi connectivity index (χ0) is 12.8. The molecule has 0 heterocycles. The maximum absolute atomic E-state index is 8.79. The molecule has 0 radical (unpaired) electrons. The lowest BCUT2D eigenvalue weighted by molar-refractivity contribution is 0.379. The fourth-order valence-electron chi connectivity index (χ4n) is 1.51. The number of thioether (sulfide) groups is 1. The molecule has 0 fully saturated rings. The zero-order valence-electron chi connectivity index (χ0n) is 10.5. The standard InChI is InChI=1S/C12H16N2O2S/c1-14(8-13)7-9-5-11(16-3)12(17-4)6-10(9)15-2/h5-6H,7H2,1-4H3. The first-order chi connectivity index (χ1) is 8.15. The molecular formula is C12H16N2O2S. The van der Waals surface area contributed by atoms with Crippen molar-refractivity contribution in [2.45, 2.75) is 11.4 Å². The van der Waals surface area contributed by atoms with E-state index in [1.165, 1.54) is 4.90 Å². The monoisotopic (exact) mass is 252 g/mol. The number of hydrogen-bond donors (Lipinski definition) is 0. The van der Waals surface area contributed by atoms with Crippen molar-refractivity contribution in [1.29, 1.82) is 5.26 Å². The third-order valence-electron chi connectivity index (χ3n) is 2.36. The summed E-state index contributed by atoms with van der Waals surface area (Å²) in [7, 11) is 5.00. The number of methoxy groups -OCH3 is 2. The first-order valence-corrected chi connectivity index (χ1v) is 6.28. The number of hydrogen-bond acceptors (Lipinski definition) is 5. The van der Waals surface area contributed by atoms with Crippen LogP contribution in [0.15, 0.2) is 17.0 Å². The van der Waals surface area contributed by atoms with Crippen LogP contribution in [0.2, 0.25) is 0 Å². The zero-order valence-corrected chi connectivity index (χ0v) is 11.3. The Balaban J connectivity index is 3.15. The third-order valence-corrected chi connectivity index (χ3v) is 3.12. The second kappa shape index (κ2) is 6.26. The van der Waals surface area contributed by atoms with Crippen molar-refractivity contribution in [3.8, 4) is 17.7 Å². The Hall–Kier alpha value is -1.54. The Bertz CT molecular complexity index is 429. The highest BCUT2D eigenvalue weighted by atomic mass is 32.2. The Kier molecular flexibility index (Phi) is 4.98. The fourth-order valence-corrected chi connectivity index (χ4v) is 2.08. The minimum atomic E-state index is 0.505. The van der Waals surface area contributed by atoms with E-state index < -0.39 is 0 Å². The summed E-state index contributed by atoms with van der Waals surface area (Å²) in [5.74, 6) is 1.58. The number of nitrogens with zero attached hydrogens (tertiary/aromatic N) is 2. The lowest BCUT2D eigenvalue weighted by Gasteiger charge is -2.16.